The van der Waals surface area contributed by atoms with Crippen molar-refractivity contribution in [2.24, 2.45) is 0 Å². The molecule has 0 spiro atoms. The second-order valence-corrected chi connectivity index (χ2v) is 10.1. The van der Waals surface area contributed by atoms with Crippen LogP contribution in [-0.4, -0.2) is 83.9 Å². The Morgan fingerprint density at radius 2 is 0.714 bits per heavy atom. The molecule has 0 saturated carbocycles. The second-order valence-electron chi connectivity index (χ2n) is 10.1. The van der Waals surface area contributed by atoms with Crippen LogP contribution in [0.25, 0.3) is 0 Å². The Morgan fingerprint density at radius 3 is 1.02 bits per heavy atom. The van der Waals surface area contributed by atoms with Crippen molar-refractivity contribution in [3.8, 4) is 0 Å². The van der Waals surface area contributed by atoms with Crippen molar-refractivity contribution in [1.82, 2.24) is 0 Å². The first-order chi connectivity index (χ1) is 21.2. The maximum atomic E-state index is 13.9. The van der Waals surface area contributed by atoms with Gasteiger partial charge in [0.05, 0.1) is 6.61 Å². The van der Waals surface area contributed by atoms with Crippen molar-refractivity contribution in [2.45, 2.75) is 123 Å². The number of hydrogen-bond acceptors (Lipinski definition) is 2. The molecule has 27 heteroatoms. The molecule has 0 fully saturated rings. The van der Waals surface area contributed by atoms with Gasteiger partial charge in [-0.2, -0.15) is 110 Å². The minimum atomic E-state index is -9.60. The lowest BCUT2D eigenvalue weighted by molar-refractivity contribution is -0.482. The molecule has 0 aromatic carbocycles. The van der Waals surface area contributed by atoms with Crippen molar-refractivity contribution in [2.75, 3.05) is 6.61 Å². The van der Waals surface area contributed by atoms with Crippen LogP contribution in [0.3, 0.4) is 0 Å². The number of carbonyl (C=O) groups is 1. The largest absolute Gasteiger partial charge is 0.466 e. The summed E-state index contributed by atoms with van der Waals surface area (Å²) >= 11 is 0. The summed E-state index contributed by atoms with van der Waals surface area (Å²) < 4.78 is 341. The third-order valence-electron chi connectivity index (χ3n) is 6.50. The number of hydrogen-bond donors (Lipinski definition) is 0. The van der Waals surface area contributed by atoms with Crippen LogP contribution in [0.4, 0.5) is 110 Å². The Kier molecular flexibility index (Phi) is 13.1. The van der Waals surface area contributed by atoms with Gasteiger partial charge in [-0.1, -0.05) is 19.8 Å². The highest BCUT2D eigenvalue weighted by Gasteiger charge is 2.99. The third-order valence-corrected chi connectivity index (χ3v) is 6.50. The van der Waals surface area contributed by atoms with Gasteiger partial charge in [0.25, 0.3) is 0 Å². The predicted molar refractivity (Wildman–Crippen MR) is 109 cm³/mol. The van der Waals surface area contributed by atoms with E-state index in [1.807, 2.05) is 0 Å². The van der Waals surface area contributed by atoms with Crippen molar-refractivity contribution in [3.05, 3.63) is 0 Å². The van der Waals surface area contributed by atoms with E-state index in [1.165, 1.54) is 0 Å². The summed E-state index contributed by atoms with van der Waals surface area (Å²) in [4.78, 5) is 11.3. The fraction of sp³-hybridized carbons (Fsp3) is 0.955. The molecular formula is C22H19F25O2. The molecule has 0 aromatic heterocycles. The van der Waals surface area contributed by atoms with Crippen LogP contribution in [0.2, 0.25) is 0 Å². The van der Waals surface area contributed by atoms with Crippen LogP contribution >= 0.6 is 0 Å². The number of carbonyl (C=O) groups excluding carboxylic acids is 1. The molecule has 0 aromatic rings. The summed E-state index contributed by atoms with van der Waals surface area (Å²) in [6.07, 6.45) is -13.8. The Bertz CT molecular complexity index is 1120. The molecule has 0 bridgehead atoms. The number of alkyl halides is 25. The summed E-state index contributed by atoms with van der Waals surface area (Å²) in [5.41, 5.74) is 0. The third kappa shape index (κ3) is 7.13. The van der Waals surface area contributed by atoms with Gasteiger partial charge < -0.3 is 4.74 Å². The topological polar surface area (TPSA) is 26.3 Å². The minimum absolute atomic E-state index is 0.154. The molecule has 0 rings (SSSR count). The zero-order chi connectivity index (χ0) is 39.9. The maximum absolute atomic E-state index is 13.9. The molecule has 0 heterocycles. The van der Waals surface area contributed by atoms with Crippen molar-refractivity contribution in [3.63, 3.8) is 0 Å². The van der Waals surface area contributed by atoms with E-state index in [9.17, 15) is 115 Å². The van der Waals surface area contributed by atoms with E-state index in [4.69, 9.17) is 0 Å². The van der Waals surface area contributed by atoms with Crippen LogP contribution < -0.4 is 0 Å². The molecule has 49 heavy (non-hydrogen) atoms. The summed E-state index contributed by atoms with van der Waals surface area (Å²) in [6, 6.07) is 0. The molecule has 0 aliphatic carbocycles. The molecule has 0 radical (unpaired) electrons. The van der Waals surface area contributed by atoms with Crippen LogP contribution in [0.15, 0.2) is 0 Å². The lowest BCUT2D eigenvalue weighted by Gasteiger charge is -2.45. The number of rotatable bonds is 19. The molecule has 0 aliphatic rings. The van der Waals surface area contributed by atoms with Gasteiger partial charge in [-0.25, -0.2) is 0 Å². The molecule has 0 N–H and O–H groups in total. The summed E-state index contributed by atoms with van der Waals surface area (Å²) in [5.74, 6) is -99.3. The summed E-state index contributed by atoms with van der Waals surface area (Å²) in [6.45, 7) is 1.49. The van der Waals surface area contributed by atoms with Gasteiger partial charge in [0.2, 0.25) is 0 Å². The highest BCUT2D eigenvalue weighted by Crippen LogP contribution is 2.67. The smallest absolute Gasteiger partial charge is 0.460 e. The van der Waals surface area contributed by atoms with Gasteiger partial charge in [-0.15, -0.1) is 0 Å². The van der Waals surface area contributed by atoms with Crippen molar-refractivity contribution >= 4 is 5.97 Å². The lowest BCUT2D eigenvalue weighted by atomic mass is 9.84. The van der Waals surface area contributed by atoms with Gasteiger partial charge >= 0.3 is 77.3 Å². The fourth-order valence-corrected chi connectivity index (χ4v) is 3.34. The number of unbranched alkanes of at least 4 members (excludes halogenated alkanes) is 3. The van der Waals surface area contributed by atoms with Crippen molar-refractivity contribution in [1.29, 1.82) is 0 Å². The molecule has 0 aliphatic heterocycles. The molecule has 0 saturated heterocycles. The number of ether oxygens (including phenoxy) is 1. The molecular weight excluding hydrogens is 771 g/mol. The molecule has 0 amide bonds. The summed E-state index contributed by atoms with van der Waals surface area (Å²) in [5, 5.41) is 0. The van der Waals surface area contributed by atoms with E-state index in [0.717, 1.165) is 0 Å². The summed E-state index contributed by atoms with van der Waals surface area (Å²) in [7, 11) is 0. The van der Waals surface area contributed by atoms with Crippen molar-refractivity contribution < 1.29 is 119 Å². The highest BCUT2D eigenvalue weighted by molar-refractivity contribution is 5.69. The standard InChI is InChI=1S/C22H19F25O2/c1-2-3-9-49-10(48)7-5-4-6-8-11(23,24)12(25,26)13(27,28)14(29,30)15(31,32)16(33,34)17(35,36)18(37,38)19(39,40)20(41,42)21(43,44)22(45,46)47/h2-9H2,1H3. The Hall–Kier alpha value is -2.28. The quantitative estimate of drug-likeness (QED) is 0.0740. The van der Waals surface area contributed by atoms with Gasteiger partial charge in [-0.05, 0) is 19.3 Å². The average Bonchev–Trinajstić information content (AvgIpc) is 2.91. The van der Waals surface area contributed by atoms with Crippen LogP contribution in [0.5, 0.6) is 0 Å². The van der Waals surface area contributed by atoms with Gasteiger partial charge in [0, 0.05) is 12.8 Å². The van der Waals surface area contributed by atoms with E-state index in [2.05, 4.69) is 4.74 Å². The maximum Gasteiger partial charge on any atom is 0.460 e. The predicted octanol–water partition coefficient (Wildman–Crippen LogP) is 10.8. The first-order valence-corrected chi connectivity index (χ1v) is 12.6. The van der Waals surface area contributed by atoms with E-state index < -0.39 is 109 Å². The number of halogens is 25. The van der Waals surface area contributed by atoms with Crippen LogP contribution in [0.1, 0.15) is 51.9 Å². The normalized spacial score (nSPS) is 15.9. The average molecular weight is 790 g/mol. The van der Waals surface area contributed by atoms with Crippen LogP contribution in [0, 0.1) is 0 Å². The van der Waals surface area contributed by atoms with Crippen LogP contribution in [-0.2, 0) is 9.53 Å². The zero-order valence-corrected chi connectivity index (χ0v) is 23.4. The minimum Gasteiger partial charge on any atom is -0.466 e. The fourth-order valence-electron chi connectivity index (χ4n) is 3.34. The molecule has 2 nitrogen and oxygen atoms in total. The Balaban J connectivity index is 6.63. The second kappa shape index (κ2) is 13.7. The Morgan fingerprint density at radius 1 is 0.408 bits per heavy atom. The van der Waals surface area contributed by atoms with Gasteiger partial charge in [0.15, 0.2) is 0 Å². The van der Waals surface area contributed by atoms with E-state index >= 15 is 0 Å². The van der Waals surface area contributed by atoms with E-state index in [0.29, 0.717) is 12.8 Å². The van der Waals surface area contributed by atoms with E-state index in [1.54, 1.807) is 6.92 Å². The molecule has 0 unspecified atom stereocenters. The molecule has 294 valence electrons. The monoisotopic (exact) mass is 790 g/mol. The first-order valence-electron chi connectivity index (χ1n) is 12.6. The SMILES string of the molecule is CCCCOC(=O)CCCCCC(F)(F)C(F)(F)C(F)(F)C(F)(F)C(F)(F)C(F)(F)C(F)(F)C(F)(F)C(F)(F)C(F)(F)C(F)(F)C(F)(F)F. The first kappa shape index (κ1) is 46.7. The lowest BCUT2D eigenvalue weighted by Crippen LogP contribution is -2.78. The zero-order valence-electron chi connectivity index (χ0n) is 23.4. The van der Waals surface area contributed by atoms with Gasteiger partial charge in [0.1, 0.15) is 0 Å². The van der Waals surface area contributed by atoms with E-state index in [-0.39, 0.29) is 6.61 Å². The van der Waals surface area contributed by atoms with Gasteiger partial charge in [-0.3, -0.25) is 4.79 Å². The Labute approximate surface area is 256 Å². The number of esters is 1. The molecule has 0 atom stereocenters. The highest BCUT2D eigenvalue weighted by atomic mass is 19.4.